The van der Waals surface area contributed by atoms with E-state index in [-0.39, 0.29) is 6.03 Å². The van der Waals surface area contributed by atoms with Gasteiger partial charge in [0.1, 0.15) is 0 Å². The molecule has 3 fully saturated rings. The number of piperidine rings is 1. The number of anilines is 1. The fraction of sp³-hybridized carbons (Fsp3) is 0.692. The highest BCUT2D eigenvalue weighted by molar-refractivity contribution is 5.75. The number of urea groups is 1. The summed E-state index contributed by atoms with van der Waals surface area (Å²) in [6, 6.07) is 9.15. The van der Waals surface area contributed by atoms with Crippen LogP contribution in [0.15, 0.2) is 24.3 Å². The number of hydrogen-bond acceptors (Lipinski definition) is 3. The van der Waals surface area contributed by atoms with Crippen LogP contribution >= 0.6 is 0 Å². The zero-order valence-electron chi connectivity index (χ0n) is 19.8. The molecule has 4 rings (SSSR count). The topological polar surface area (TPSA) is 47.1 Å². The van der Waals surface area contributed by atoms with Gasteiger partial charge in [0.15, 0.2) is 0 Å². The Balaban J connectivity index is 1.24. The standard InChI is InChI=1S/C26H40N4O2/c1-22-8-5-6-12-25(22)27-16-18-28(19-17-27)26(32)29-14-7-9-23(20-29)13-15-30(21-31)24-10-3-2-4-11-24/h5-6,8,12,21,23-24H,2-4,7,9-11,13-20H2,1H3. The molecule has 1 atom stereocenters. The minimum atomic E-state index is 0.207. The first-order valence-electron chi connectivity index (χ1n) is 12.7. The first-order chi connectivity index (χ1) is 15.7. The molecule has 3 amide bonds. The average molecular weight is 441 g/mol. The number of para-hydroxylation sites is 1. The van der Waals surface area contributed by atoms with Gasteiger partial charge in [0.05, 0.1) is 0 Å². The highest BCUT2D eigenvalue weighted by Gasteiger charge is 2.30. The van der Waals surface area contributed by atoms with Gasteiger partial charge in [-0.2, -0.15) is 0 Å². The van der Waals surface area contributed by atoms with Crippen LogP contribution in [-0.2, 0) is 4.79 Å². The van der Waals surface area contributed by atoms with E-state index in [1.165, 1.54) is 36.9 Å². The molecule has 2 aliphatic heterocycles. The molecule has 2 saturated heterocycles. The molecule has 6 nitrogen and oxygen atoms in total. The van der Waals surface area contributed by atoms with E-state index in [1.807, 2.05) is 9.80 Å². The van der Waals surface area contributed by atoms with E-state index >= 15 is 0 Å². The van der Waals surface area contributed by atoms with Crippen molar-refractivity contribution in [2.24, 2.45) is 5.92 Å². The lowest BCUT2D eigenvalue weighted by molar-refractivity contribution is -0.121. The number of amides is 3. The summed E-state index contributed by atoms with van der Waals surface area (Å²) in [6.07, 6.45) is 10.4. The molecule has 1 saturated carbocycles. The van der Waals surface area contributed by atoms with Crippen molar-refractivity contribution < 1.29 is 9.59 Å². The smallest absolute Gasteiger partial charge is 0.320 e. The largest absolute Gasteiger partial charge is 0.368 e. The zero-order chi connectivity index (χ0) is 22.3. The van der Waals surface area contributed by atoms with E-state index in [2.05, 4.69) is 41.0 Å². The minimum absolute atomic E-state index is 0.207. The lowest BCUT2D eigenvalue weighted by Gasteiger charge is -2.41. The minimum Gasteiger partial charge on any atom is -0.368 e. The molecule has 0 N–H and O–H groups in total. The Morgan fingerprint density at radius 1 is 0.969 bits per heavy atom. The predicted molar refractivity (Wildman–Crippen MR) is 129 cm³/mol. The van der Waals surface area contributed by atoms with Crippen LogP contribution < -0.4 is 4.90 Å². The molecule has 2 heterocycles. The van der Waals surface area contributed by atoms with Crippen LogP contribution in [0.4, 0.5) is 10.5 Å². The van der Waals surface area contributed by atoms with Crippen LogP contribution in [-0.4, -0.2) is 79.0 Å². The summed E-state index contributed by atoms with van der Waals surface area (Å²) in [5.74, 6) is 0.506. The number of likely N-dealkylation sites (tertiary alicyclic amines) is 1. The first-order valence-corrected chi connectivity index (χ1v) is 12.7. The number of benzene rings is 1. The van der Waals surface area contributed by atoms with E-state index < -0.39 is 0 Å². The van der Waals surface area contributed by atoms with E-state index in [0.29, 0.717) is 12.0 Å². The molecular formula is C26H40N4O2. The Hall–Kier alpha value is -2.24. The molecule has 176 valence electrons. The molecule has 0 bridgehead atoms. The van der Waals surface area contributed by atoms with Gasteiger partial charge in [0, 0.05) is 57.5 Å². The van der Waals surface area contributed by atoms with Gasteiger partial charge in [-0.05, 0) is 56.6 Å². The molecule has 1 aromatic carbocycles. The quantitative estimate of drug-likeness (QED) is 0.625. The monoisotopic (exact) mass is 440 g/mol. The maximum atomic E-state index is 13.2. The third-order valence-electron chi connectivity index (χ3n) is 7.77. The Labute approximate surface area is 193 Å². The summed E-state index contributed by atoms with van der Waals surface area (Å²) < 4.78 is 0. The molecule has 6 heteroatoms. The van der Waals surface area contributed by atoms with Crippen LogP contribution in [0.2, 0.25) is 0 Å². The van der Waals surface area contributed by atoms with Crippen molar-refractivity contribution in [3.63, 3.8) is 0 Å². The Bertz CT molecular complexity index is 756. The Morgan fingerprint density at radius 2 is 1.72 bits per heavy atom. The number of hydrogen-bond donors (Lipinski definition) is 0. The van der Waals surface area contributed by atoms with Gasteiger partial charge in [-0.15, -0.1) is 0 Å². The van der Waals surface area contributed by atoms with Crippen molar-refractivity contribution in [3.8, 4) is 0 Å². The Morgan fingerprint density at radius 3 is 2.44 bits per heavy atom. The summed E-state index contributed by atoms with van der Waals surface area (Å²) in [5.41, 5.74) is 2.58. The number of rotatable bonds is 6. The second-order valence-electron chi connectivity index (χ2n) is 9.92. The van der Waals surface area contributed by atoms with Crippen molar-refractivity contribution in [2.45, 2.75) is 64.3 Å². The molecule has 1 unspecified atom stereocenters. The average Bonchev–Trinajstić information content (AvgIpc) is 2.85. The van der Waals surface area contributed by atoms with Crippen LogP contribution in [0.5, 0.6) is 0 Å². The summed E-state index contributed by atoms with van der Waals surface area (Å²) in [6.45, 7) is 8.06. The SMILES string of the molecule is Cc1ccccc1N1CCN(C(=O)N2CCCC(CCN(C=O)C3CCCCC3)C2)CC1. The van der Waals surface area contributed by atoms with Crippen LogP contribution in [0.25, 0.3) is 0 Å². The number of carbonyl (C=O) groups excluding carboxylic acids is 2. The summed E-state index contributed by atoms with van der Waals surface area (Å²) >= 11 is 0. The first kappa shape index (κ1) is 22.9. The van der Waals surface area contributed by atoms with Crippen molar-refractivity contribution in [3.05, 3.63) is 29.8 Å². The summed E-state index contributed by atoms with van der Waals surface area (Å²) in [5, 5.41) is 0. The number of carbonyl (C=O) groups is 2. The highest BCUT2D eigenvalue weighted by Crippen LogP contribution is 2.26. The van der Waals surface area contributed by atoms with Crippen LogP contribution in [0.1, 0.15) is 56.9 Å². The van der Waals surface area contributed by atoms with E-state index in [9.17, 15) is 9.59 Å². The van der Waals surface area contributed by atoms with Crippen molar-refractivity contribution in [1.82, 2.24) is 14.7 Å². The molecule has 0 aromatic heterocycles. The van der Waals surface area contributed by atoms with Gasteiger partial charge in [0.25, 0.3) is 0 Å². The molecule has 0 spiro atoms. The molecular weight excluding hydrogens is 400 g/mol. The van der Waals surface area contributed by atoms with E-state index in [4.69, 9.17) is 0 Å². The van der Waals surface area contributed by atoms with Crippen molar-refractivity contribution in [1.29, 1.82) is 0 Å². The lowest BCUT2D eigenvalue weighted by Crippen LogP contribution is -2.54. The van der Waals surface area contributed by atoms with Gasteiger partial charge >= 0.3 is 6.03 Å². The predicted octanol–water partition coefficient (Wildman–Crippen LogP) is 4.13. The van der Waals surface area contributed by atoms with Crippen molar-refractivity contribution >= 4 is 18.1 Å². The summed E-state index contributed by atoms with van der Waals surface area (Å²) in [4.78, 5) is 33.4. The van der Waals surface area contributed by atoms with Gasteiger partial charge in [0.2, 0.25) is 6.41 Å². The van der Waals surface area contributed by atoms with E-state index in [0.717, 1.165) is 77.9 Å². The number of aryl methyl sites for hydroxylation is 1. The maximum absolute atomic E-state index is 13.2. The Kier molecular flexibility index (Phi) is 7.93. The van der Waals surface area contributed by atoms with Crippen LogP contribution in [0.3, 0.4) is 0 Å². The molecule has 1 aromatic rings. The van der Waals surface area contributed by atoms with Gasteiger partial charge in [-0.25, -0.2) is 4.79 Å². The molecule has 32 heavy (non-hydrogen) atoms. The maximum Gasteiger partial charge on any atom is 0.320 e. The lowest BCUT2D eigenvalue weighted by atomic mass is 9.92. The van der Waals surface area contributed by atoms with Gasteiger partial charge in [-0.1, -0.05) is 37.5 Å². The fourth-order valence-corrected chi connectivity index (χ4v) is 5.80. The number of piperazine rings is 1. The fourth-order valence-electron chi connectivity index (χ4n) is 5.80. The van der Waals surface area contributed by atoms with Gasteiger partial charge in [-0.3, -0.25) is 4.79 Å². The zero-order valence-corrected chi connectivity index (χ0v) is 19.8. The van der Waals surface area contributed by atoms with Crippen LogP contribution in [0, 0.1) is 12.8 Å². The third-order valence-corrected chi connectivity index (χ3v) is 7.77. The van der Waals surface area contributed by atoms with Gasteiger partial charge < -0.3 is 19.6 Å². The second-order valence-corrected chi connectivity index (χ2v) is 9.92. The molecule has 1 aliphatic carbocycles. The third kappa shape index (κ3) is 5.57. The van der Waals surface area contributed by atoms with E-state index in [1.54, 1.807) is 0 Å². The summed E-state index contributed by atoms with van der Waals surface area (Å²) in [7, 11) is 0. The second kappa shape index (κ2) is 11.1. The molecule has 3 aliphatic rings. The number of nitrogens with zero attached hydrogens (tertiary/aromatic N) is 4. The normalized spacial score (nSPS) is 22.7. The highest BCUT2D eigenvalue weighted by atomic mass is 16.2. The molecule has 0 radical (unpaired) electrons. The van der Waals surface area contributed by atoms with Crippen molar-refractivity contribution in [2.75, 3.05) is 50.7 Å².